The number of amides is 1. The first-order chi connectivity index (χ1) is 14.2. The third-order valence-corrected chi connectivity index (χ3v) is 5.12. The zero-order chi connectivity index (χ0) is 20.1. The van der Waals surface area contributed by atoms with Crippen LogP contribution in [-0.2, 0) is 4.79 Å². The molecule has 6 heteroatoms. The summed E-state index contributed by atoms with van der Waals surface area (Å²) >= 11 is 1.41. The molecule has 2 aromatic carbocycles. The van der Waals surface area contributed by atoms with E-state index in [-0.39, 0.29) is 5.91 Å². The molecule has 0 aliphatic rings. The van der Waals surface area contributed by atoms with Gasteiger partial charge in [0.1, 0.15) is 6.33 Å². The summed E-state index contributed by atoms with van der Waals surface area (Å²) in [5.41, 5.74) is 3.34. The molecule has 5 nitrogen and oxygen atoms in total. The number of carbonyl (C=O) groups is 1. The number of anilines is 3. The number of rotatable bonds is 5. The van der Waals surface area contributed by atoms with E-state index < -0.39 is 0 Å². The molecule has 4 rings (SSSR count). The summed E-state index contributed by atoms with van der Waals surface area (Å²) in [7, 11) is 0. The van der Waals surface area contributed by atoms with Crippen LogP contribution in [0.25, 0.3) is 16.3 Å². The molecular formula is C23H16N4OS. The van der Waals surface area contributed by atoms with E-state index in [4.69, 9.17) is 6.42 Å². The first kappa shape index (κ1) is 18.4. The van der Waals surface area contributed by atoms with Gasteiger partial charge >= 0.3 is 0 Å². The van der Waals surface area contributed by atoms with Crippen LogP contribution in [0.2, 0.25) is 0 Å². The summed E-state index contributed by atoms with van der Waals surface area (Å²) in [5, 5.41) is 6.85. The molecule has 2 N–H and O–H groups in total. The van der Waals surface area contributed by atoms with E-state index in [0.717, 1.165) is 27.0 Å². The molecule has 0 atom stereocenters. The number of carbonyl (C=O) groups excluding carboxylic acids is 1. The lowest BCUT2D eigenvalue weighted by molar-refractivity contribution is -0.111. The van der Waals surface area contributed by atoms with Crippen LogP contribution in [0.1, 0.15) is 11.1 Å². The van der Waals surface area contributed by atoms with Crippen molar-refractivity contribution in [2.75, 3.05) is 10.6 Å². The fourth-order valence-electron chi connectivity index (χ4n) is 2.73. The van der Waals surface area contributed by atoms with Crippen molar-refractivity contribution in [2.24, 2.45) is 0 Å². The lowest BCUT2D eigenvalue weighted by atomic mass is 10.2. The first-order valence-electron chi connectivity index (χ1n) is 8.83. The second-order valence-electron chi connectivity index (χ2n) is 6.13. The first-order valence-corrected chi connectivity index (χ1v) is 9.65. The van der Waals surface area contributed by atoms with Gasteiger partial charge in [-0.05, 0) is 35.9 Å². The minimum Gasteiger partial charge on any atom is -0.339 e. The zero-order valence-electron chi connectivity index (χ0n) is 15.3. The predicted octanol–water partition coefficient (Wildman–Crippen LogP) is 5.07. The van der Waals surface area contributed by atoms with E-state index in [1.165, 1.54) is 23.7 Å². The van der Waals surface area contributed by atoms with Crippen LogP contribution in [0.4, 0.5) is 16.5 Å². The van der Waals surface area contributed by atoms with Crippen molar-refractivity contribution in [1.82, 2.24) is 9.97 Å². The Balaban J connectivity index is 1.53. The zero-order valence-corrected chi connectivity index (χ0v) is 16.1. The monoisotopic (exact) mass is 396 g/mol. The highest BCUT2D eigenvalue weighted by atomic mass is 32.1. The van der Waals surface area contributed by atoms with Crippen molar-refractivity contribution in [1.29, 1.82) is 0 Å². The number of thiophene rings is 1. The van der Waals surface area contributed by atoms with Crippen LogP contribution >= 0.6 is 11.3 Å². The maximum absolute atomic E-state index is 12.2. The molecule has 4 aromatic rings. The molecule has 0 aliphatic carbocycles. The molecule has 0 bridgehead atoms. The summed E-state index contributed by atoms with van der Waals surface area (Å²) in [5.74, 6) is 3.07. The minimum absolute atomic E-state index is 0.204. The number of nitrogens with zero attached hydrogens (tertiary/aromatic N) is 2. The van der Waals surface area contributed by atoms with Gasteiger partial charge in [0.15, 0.2) is 5.82 Å². The Morgan fingerprint density at radius 3 is 2.76 bits per heavy atom. The van der Waals surface area contributed by atoms with Crippen molar-refractivity contribution < 1.29 is 4.79 Å². The average molecular weight is 396 g/mol. The highest BCUT2D eigenvalue weighted by Crippen LogP contribution is 2.34. The van der Waals surface area contributed by atoms with E-state index in [1.807, 2.05) is 60.7 Å². The summed E-state index contributed by atoms with van der Waals surface area (Å²) in [6.07, 6.45) is 10.2. The molecule has 140 valence electrons. The van der Waals surface area contributed by atoms with Crippen molar-refractivity contribution in [3.63, 3.8) is 0 Å². The topological polar surface area (TPSA) is 66.9 Å². The van der Waals surface area contributed by atoms with E-state index in [0.29, 0.717) is 10.8 Å². The second kappa shape index (κ2) is 8.38. The molecular weight excluding hydrogens is 380 g/mol. The van der Waals surface area contributed by atoms with Gasteiger partial charge in [-0.15, -0.1) is 17.8 Å². The number of benzene rings is 2. The Morgan fingerprint density at radius 2 is 1.93 bits per heavy atom. The fourth-order valence-corrected chi connectivity index (χ4v) is 3.69. The van der Waals surface area contributed by atoms with Gasteiger partial charge in [-0.25, -0.2) is 9.97 Å². The summed E-state index contributed by atoms with van der Waals surface area (Å²) in [6, 6.07) is 19.0. The normalized spacial score (nSPS) is 10.7. The van der Waals surface area contributed by atoms with Gasteiger partial charge in [0, 0.05) is 17.3 Å². The van der Waals surface area contributed by atoms with E-state index in [9.17, 15) is 4.79 Å². The van der Waals surface area contributed by atoms with Crippen LogP contribution in [0, 0.1) is 12.3 Å². The van der Waals surface area contributed by atoms with Crippen LogP contribution in [0.15, 0.2) is 73.1 Å². The summed E-state index contributed by atoms with van der Waals surface area (Å²) in [6.45, 7) is 0. The molecule has 2 aromatic heterocycles. The van der Waals surface area contributed by atoms with E-state index in [2.05, 4.69) is 26.5 Å². The van der Waals surface area contributed by atoms with Gasteiger partial charge in [-0.2, -0.15) is 0 Å². The molecule has 0 unspecified atom stereocenters. The molecule has 0 fully saturated rings. The van der Waals surface area contributed by atoms with Crippen molar-refractivity contribution in [3.8, 4) is 12.3 Å². The van der Waals surface area contributed by atoms with Gasteiger partial charge in [-0.3, -0.25) is 4.79 Å². The Hall–Kier alpha value is -3.95. The Bertz CT molecular complexity index is 1240. The smallest absolute Gasteiger partial charge is 0.248 e. The highest BCUT2D eigenvalue weighted by molar-refractivity contribution is 7.23. The molecule has 1 amide bonds. The second-order valence-corrected chi connectivity index (χ2v) is 7.18. The van der Waals surface area contributed by atoms with Gasteiger partial charge in [-0.1, -0.05) is 42.3 Å². The predicted molar refractivity (Wildman–Crippen MR) is 119 cm³/mol. The SMILES string of the molecule is C#Cc1cccc(Nc2ncnc3cc(NC(=O)/C=C/c4ccccc4)sc23)c1. The van der Waals surface area contributed by atoms with Gasteiger partial charge in [0.2, 0.25) is 5.91 Å². The third-order valence-electron chi connectivity index (χ3n) is 4.08. The van der Waals surface area contributed by atoms with E-state index in [1.54, 1.807) is 6.08 Å². The number of fused-ring (bicyclic) bond motifs is 1. The standard InChI is InChI=1S/C23H16N4OS/c1-2-16-9-6-10-18(13-16)26-23-22-19(24-15-25-23)14-21(29-22)27-20(28)12-11-17-7-4-3-5-8-17/h1,3-15H,(H,27,28)(H,24,25,26)/b12-11+. The Kier molecular flexibility index (Phi) is 5.32. The van der Waals surface area contributed by atoms with Crippen LogP contribution in [0.5, 0.6) is 0 Å². The Labute approximate surface area is 172 Å². The molecule has 0 spiro atoms. The van der Waals surface area contributed by atoms with E-state index >= 15 is 0 Å². The van der Waals surface area contributed by atoms with Gasteiger partial charge < -0.3 is 10.6 Å². The molecule has 2 heterocycles. The number of hydrogen-bond acceptors (Lipinski definition) is 5. The van der Waals surface area contributed by atoms with Crippen molar-refractivity contribution in [3.05, 3.63) is 84.2 Å². The number of aromatic nitrogens is 2. The number of hydrogen-bond donors (Lipinski definition) is 2. The Morgan fingerprint density at radius 1 is 1.07 bits per heavy atom. The van der Waals surface area contributed by atoms with Crippen LogP contribution in [0.3, 0.4) is 0 Å². The molecule has 0 radical (unpaired) electrons. The fraction of sp³-hybridized carbons (Fsp3) is 0. The molecule has 29 heavy (non-hydrogen) atoms. The third kappa shape index (κ3) is 4.49. The maximum atomic E-state index is 12.2. The average Bonchev–Trinajstić information content (AvgIpc) is 3.16. The van der Waals surface area contributed by atoms with Gasteiger partial charge in [0.25, 0.3) is 0 Å². The van der Waals surface area contributed by atoms with Crippen LogP contribution in [-0.4, -0.2) is 15.9 Å². The van der Waals surface area contributed by atoms with Crippen LogP contribution < -0.4 is 10.6 Å². The quantitative estimate of drug-likeness (QED) is 0.365. The van der Waals surface area contributed by atoms with Crippen molar-refractivity contribution in [2.45, 2.75) is 0 Å². The molecule has 0 aliphatic heterocycles. The lowest BCUT2D eigenvalue weighted by Gasteiger charge is -2.06. The molecule has 0 saturated heterocycles. The summed E-state index contributed by atoms with van der Waals surface area (Å²) < 4.78 is 0.848. The number of nitrogens with one attached hydrogen (secondary N) is 2. The minimum atomic E-state index is -0.204. The maximum Gasteiger partial charge on any atom is 0.248 e. The largest absolute Gasteiger partial charge is 0.339 e. The van der Waals surface area contributed by atoms with Crippen molar-refractivity contribution >= 4 is 50.0 Å². The van der Waals surface area contributed by atoms with Gasteiger partial charge in [0.05, 0.1) is 15.2 Å². The molecule has 0 saturated carbocycles. The highest BCUT2D eigenvalue weighted by Gasteiger charge is 2.10. The summed E-state index contributed by atoms with van der Waals surface area (Å²) in [4.78, 5) is 20.9. The number of terminal acetylenes is 1. The lowest BCUT2D eigenvalue weighted by Crippen LogP contribution is -2.05.